The first-order valence-electron chi connectivity index (χ1n) is 9.32. The van der Waals surface area contributed by atoms with Crippen molar-refractivity contribution in [3.05, 3.63) is 71.3 Å². The van der Waals surface area contributed by atoms with Crippen LogP contribution in [-0.4, -0.2) is 31.7 Å². The van der Waals surface area contributed by atoms with Crippen LogP contribution in [0.2, 0.25) is 0 Å². The average Bonchev–Trinajstić information content (AvgIpc) is 2.67. The van der Waals surface area contributed by atoms with E-state index in [1.165, 1.54) is 18.2 Å². The molecule has 1 aliphatic heterocycles. The van der Waals surface area contributed by atoms with Crippen LogP contribution in [0.5, 0.6) is 0 Å². The summed E-state index contributed by atoms with van der Waals surface area (Å²) in [6.45, 7) is 6.31. The molecule has 1 heterocycles. The van der Waals surface area contributed by atoms with Gasteiger partial charge in [0.2, 0.25) is 5.91 Å². The van der Waals surface area contributed by atoms with Gasteiger partial charge in [0.25, 0.3) is 0 Å². The van der Waals surface area contributed by atoms with Crippen LogP contribution in [-0.2, 0) is 9.53 Å². The molecule has 1 aliphatic rings. The standard InChI is InChI=1S/C22H24F2N2O2/c1-15-14-26(10-11-28-15)20-5-3-4-18(12-20)16(2)25-22(27)9-7-17-6-8-19(23)13-21(17)24/h3-9,12-13,15-16H,10-11,14H2,1-2H3,(H,25,27)/t15?,16-/m1/s1. The Morgan fingerprint density at radius 3 is 2.86 bits per heavy atom. The van der Waals surface area contributed by atoms with Crippen molar-refractivity contribution in [3.8, 4) is 0 Å². The molecule has 1 saturated heterocycles. The number of morpholine rings is 1. The molecular formula is C22H24F2N2O2. The summed E-state index contributed by atoms with van der Waals surface area (Å²) in [5, 5.41) is 2.87. The molecular weight excluding hydrogens is 362 g/mol. The second kappa shape index (κ2) is 8.97. The second-order valence-electron chi connectivity index (χ2n) is 6.95. The third kappa shape index (κ3) is 5.16. The lowest BCUT2D eigenvalue weighted by atomic mass is 10.1. The molecule has 4 nitrogen and oxygen atoms in total. The Kier molecular flexibility index (Phi) is 6.41. The van der Waals surface area contributed by atoms with Gasteiger partial charge in [-0.05, 0) is 49.8 Å². The van der Waals surface area contributed by atoms with Gasteiger partial charge in [-0.15, -0.1) is 0 Å². The molecule has 1 unspecified atom stereocenters. The van der Waals surface area contributed by atoms with Crippen molar-refractivity contribution in [2.75, 3.05) is 24.6 Å². The highest BCUT2D eigenvalue weighted by Crippen LogP contribution is 2.22. The normalized spacial score (nSPS) is 18.3. The summed E-state index contributed by atoms with van der Waals surface area (Å²) >= 11 is 0. The molecule has 6 heteroatoms. The van der Waals surface area contributed by atoms with E-state index in [-0.39, 0.29) is 23.6 Å². The van der Waals surface area contributed by atoms with E-state index in [0.717, 1.165) is 36.5 Å². The fraction of sp³-hybridized carbons (Fsp3) is 0.318. The van der Waals surface area contributed by atoms with Gasteiger partial charge in [0.15, 0.2) is 0 Å². The zero-order valence-corrected chi connectivity index (χ0v) is 16.0. The minimum absolute atomic E-state index is 0.160. The molecule has 1 N–H and O–H groups in total. The minimum Gasteiger partial charge on any atom is -0.375 e. The van der Waals surface area contributed by atoms with Crippen molar-refractivity contribution in [2.24, 2.45) is 0 Å². The van der Waals surface area contributed by atoms with Gasteiger partial charge in [-0.3, -0.25) is 4.79 Å². The number of amides is 1. The van der Waals surface area contributed by atoms with Gasteiger partial charge >= 0.3 is 0 Å². The maximum Gasteiger partial charge on any atom is 0.244 e. The first kappa shape index (κ1) is 20.0. The number of halogens is 2. The number of nitrogens with zero attached hydrogens (tertiary/aromatic N) is 1. The SMILES string of the molecule is CC1CN(c2cccc([C@@H](C)NC(=O)C=Cc3ccc(F)cc3F)c2)CCO1. The van der Waals surface area contributed by atoms with Crippen LogP contribution in [0.15, 0.2) is 48.5 Å². The summed E-state index contributed by atoms with van der Waals surface area (Å²) in [5.41, 5.74) is 2.23. The Hall–Kier alpha value is -2.73. The molecule has 0 saturated carbocycles. The topological polar surface area (TPSA) is 41.6 Å². The Morgan fingerprint density at radius 1 is 1.29 bits per heavy atom. The van der Waals surface area contributed by atoms with E-state index in [2.05, 4.69) is 23.2 Å². The summed E-state index contributed by atoms with van der Waals surface area (Å²) in [6.07, 6.45) is 2.77. The van der Waals surface area contributed by atoms with Crippen LogP contribution in [0.3, 0.4) is 0 Å². The van der Waals surface area contributed by atoms with E-state index in [4.69, 9.17) is 4.74 Å². The minimum atomic E-state index is -0.704. The molecule has 3 rings (SSSR count). The van der Waals surface area contributed by atoms with Crippen molar-refractivity contribution in [3.63, 3.8) is 0 Å². The van der Waals surface area contributed by atoms with Crippen molar-refractivity contribution >= 4 is 17.7 Å². The van der Waals surface area contributed by atoms with Crippen molar-refractivity contribution in [2.45, 2.75) is 26.0 Å². The number of nitrogens with one attached hydrogen (secondary N) is 1. The van der Waals surface area contributed by atoms with Gasteiger partial charge in [0, 0.05) is 36.5 Å². The molecule has 1 amide bonds. The fourth-order valence-electron chi connectivity index (χ4n) is 3.19. The van der Waals surface area contributed by atoms with Crippen LogP contribution in [0.25, 0.3) is 6.08 Å². The summed E-state index contributed by atoms with van der Waals surface area (Å²) in [6, 6.07) is 11.1. The number of carbonyl (C=O) groups excluding carboxylic acids is 1. The predicted molar refractivity (Wildman–Crippen MR) is 106 cm³/mol. The number of hydrogen-bond acceptors (Lipinski definition) is 3. The Morgan fingerprint density at radius 2 is 2.11 bits per heavy atom. The third-order valence-electron chi connectivity index (χ3n) is 4.71. The van der Waals surface area contributed by atoms with E-state index in [1.807, 2.05) is 25.1 Å². The molecule has 0 bridgehead atoms. The van der Waals surface area contributed by atoms with Crippen LogP contribution in [0.1, 0.15) is 31.0 Å². The van der Waals surface area contributed by atoms with Crippen molar-refractivity contribution in [1.29, 1.82) is 0 Å². The number of carbonyl (C=O) groups is 1. The summed E-state index contributed by atoms with van der Waals surface area (Å²) in [4.78, 5) is 14.5. The van der Waals surface area contributed by atoms with Gasteiger partial charge in [0.1, 0.15) is 11.6 Å². The van der Waals surface area contributed by atoms with Crippen molar-refractivity contribution in [1.82, 2.24) is 5.32 Å². The predicted octanol–water partition coefficient (Wildman–Crippen LogP) is 4.08. The Labute approximate surface area is 163 Å². The third-order valence-corrected chi connectivity index (χ3v) is 4.71. The maximum atomic E-state index is 13.6. The highest BCUT2D eigenvalue weighted by Gasteiger charge is 2.18. The van der Waals surface area contributed by atoms with E-state index in [0.29, 0.717) is 6.61 Å². The number of hydrogen-bond donors (Lipinski definition) is 1. The van der Waals surface area contributed by atoms with Gasteiger partial charge in [-0.2, -0.15) is 0 Å². The lowest BCUT2D eigenvalue weighted by molar-refractivity contribution is -0.117. The number of benzene rings is 2. The molecule has 0 spiro atoms. The molecule has 2 aromatic rings. The Balaban J connectivity index is 1.64. The second-order valence-corrected chi connectivity index (χ2v) is 6.95. The molecule has 1 fully saturated rings. The lowest BCUT2D eigenvalue weighted by Gasteiger charge is -2.33. The van der Waals surface area contributed by atoms with E-state index < -0.39 is 11.6 Å². The zero-order valence-electron chi connectivity index (χ0n) is 16.0. The average molecular weight is 386 g/mol. The van der Waals surface area contributed by atoms with Gasteiger partial charge in [-0.1, -0.05) is 12.1 Å². The zero-order chi connectivity index (χ0) is 20.1. The van der Waals surface area contributed by atoms with E-state index in [9.17, 15) is 13.6 Å². The number of ether oxygens (including phenoxy) is 1. The lowest BCUT2D eigenvalue weighted by Crippen LogP contribution is -2.41. The molecule has 0 radical (unpaired) electrons. The quantitative estimate of drug-likeness (QED) is 0.788. The number of rotatable bonds is 5. The molecule has 148 valence electrons. The summed E-state index contributed by atoms with van der Waals surface area (Å²) < 4.78 is 32.2. The monoisotopic (exact) mass is 386 g/mol. The highest BCUT2D eigenvalue weighted by atomic mass is 19.1. The van der Waals surface area contributed by atoms with Crippen LogP contribution in [0.4, 0.5) is 14.5 Å². The van der Waals surface area contributed by atoms with Gasteiger partial charge in [-0.25, -0.2) is 8.78 Å². The smallest absolute Gasteiger partial charge is 0.244 e. The van der Waals surface area contributed by atoms with E-state index in [1.54, 1.807) is 0 Å². The van der Waals surface area contributed by atoms with Crippen LogP contribution >= 0.6 is 0 Å². The van der Waals surface area contributed by atoms with Crippen LogP contribution in [0, 0.1) is 11.6 Å². The summed E-state index contributed by atoms with van der Waals surface area (Å²) in [7, 11) is 0. The van der Waals surface area contributed by atoms with Gasteiger partial charge in [0.05, 0.1) is 18.8 Å². The summed E-state index contributed by atoms with van der Waals surface area (Å²) in [5.74, 6) is -1.70. The largest absolute Gasteiger partial charge is 0.375 e. The molecule has 0 aromatic heterocycles. The molecule has 0 aliphatic carbocycles. The first-order valence-corrected chi connectivity index (χ1v) is 9.32. The van der Waals surface area contributed by atoms with E-state index >= 15 is 0 Å². The molecule has 2 atom stereocenters. The van der Waals surface area contributed by atoms with Gasteiger partial charge < -0.3 is 15.0 Å². The van der Waals surface area contributed by atoms with Crippen LogP contribution < -0.4 is 10.2 Å². The Bertz CT molecular complexity index is 869. The fourth-order valence-corrected chi connectivity index (χ4v) is 3.19. The highest BCUT2D eigenvalue weighted by molar-refractivity contribution is 5.92. The van der Waals surface area contributed by atoms with Crippen molar-refractivity contribution < 1.29 is 18.3 Å². The first-order chi connectivity index (χ1) is 13.4. The molecule has 28 heavy (non-hydrogen) atoms. The molecule has 2 aromatic carbocycles. The number of anilines is 1. The maximum absolute atomic E-state index is 13.6.